The van der Waals surface area contributed by atoms with E-state index >= 15 is 0 Å². The lowest BCUT2D eigenvalue weighted by Gasteiger charge is -2.07. The van der Waals surface area contributed by atoms with Crippen LogP contribution in [0.5, 0.6) is 0 Å². The molecular weight excluding hydrogens is 349 g/mol. The summed E-state index contributed by atoms with van der Waals surface area (Å²) in [6.45, 7) is 6.36. The van der Waals surface area contributed by atoms with Gasteiger partial charge in [0.15, 0.2) is 0 Å². The van der Waals surface area contributed by atoms with Gasteiger partial charge >= 0.3 is 0 Å². The summed E-state index contributed by atoms with van der Waals surface area (Å²) in [6.07, 6.45) is 2.38. The van der Waals surface area contributed by atoms with Gasteiger partial charge in [-0.05, 0) is 28.5 Å². The van der Waals surface area contributed by atoms with Crippen molar-refractivity contribution in [3.8, 4) is 0 Å². The van der Waals surface area contributed by atoms with Gasteiger partial charge in [0.1, 0.15) is 5.01 Å². The highest BCUT2D eigenvalue weighted by atomic mass is 127. The highest BCUT2D eigenvalue weighted by molar-refractivity contribution is 14.1. The number of rotatable bonds is 7. The molecule has 0 saturated carbocycles. The Morgan fingerprint density at radius 2 is 2.35 bits per heavy atom. The van der Waals surface area contributed by atoms with E-state index in [4.69, 9.17) is 0 Å². The minimum atomic E-state index is 0.111. The number of halogens is 1. The summed E-state index contributed by atoms with van der Waals surface area (Å²) in [5, 5.41) is 7.18. The molecule has 0 atom stereocenters. The maximum Gasteiger partial charge on any atom is 0.221 e. The number of carbonyl (C=O) groups excluding carboxylic acids is 1. The molecule has 0 spiro atoms. The molecule has 4 nitrogen and oxygen atoms in total. The Labute approximate surface area is 120 Å². The molecule has 96 valence electrons. The van der Waals surface area contributed by atoms with Gasteiger partial charge in [0, 0.05) is 26.1 Å². The standard InChI is InChI=1S/C11H18IN3OS/c1-8(2)5-14-10(16)3-4-13-7-11-15-6-9(12)17-11/h6,8,13H,3-5,7H2,1-2H3,(H,14,16). The molecule has 0 radical (unpaired) electrons. The van der Waals surface area contributed by atoms with E-state index in [9.17, 15) is 4.79 Å². The number of hydrogen-bond acceptors (Lipinski definition) is 4. The molecule has 1 aromatic rings. The fourth-order valence-electron chi connectivity index (χ4n) is 1.17. The van der Waals surface area contributed by atoms with Gasteiger partial charge in [-0.15, -0.1) is 11.3 Å². The van der Waals surface area contributed by atoms with E-state index in [-0.39, 0.29) is 5.91 Å². The van der Waals surface area contributed by atoms with Gasteiger partial charge in [-0.25, -0.2) is 4.98 Å². The largest absolute Gasteiger partial charge is 0.356 e. The van der Waals surface area contributed by atoms with Crippen molar-refractivity contribution in [3.05, 3.63) is 14.1 Å². The van der Waals surface area contributed by atoms with Crippen LogP contribution in [-0.2, 0) is 11.3 Å². The molecular formula is C11H18IN3OS. The van der Waals surface area contributed by atoms with E-state index in [1.807, 2.05) is 6.20 Å². The van der Waals surface area contributed by atoms with Crippen molar-refractivity contribution < 1.29 is 4.79 Å². The first-order chi connectivity index (χ1) is 8.08. The van der Waals surface area contributed by atoms with Gasteiger partial charge in [-0.1, -0.05) is 13.8 Å². The maximum absolute atomic E-state index is 11.4. The van der Waals surface area contributed by atoms with Gasteiger partial charge < -0.3 is 10.6 Å². The van der Waals surface area contributed by atoms with E-state index in [0.717, 1.165) is 18.1 Å². The van der Waals surface area contributed by atoms with Crippen LogP contribution >= 0.6 is 33.9 Å². The van der Waals surface area contributed by atoms with Crippen molar-refractivity contribution in [3.63, 3.8) is 0 Å². The molecule has 17 heavy (non-hydrogen) atoms. The number of nitrogens with zero attached hydrogens (tertiary/aromatic N) is 1. The lowest BCUT2D eigenvalue weighted by molar-refractivity contribution is -0.121. The minimum absolute atomic E-state index is 0.111. The zero-order valence-corrected chi connectivity index (χ0v) is 13.1. The van der Waals surface area contributed by atoms with Crippen molar-refractivity contribution in [2.24, 2.45) is 5.92 Å². The van der Waals surface area contributed by atoms with Gasteiger partial charge in [0.2, 0.25) is 5.91 Å². The number of amides is 1. The summed E-state index contributed by atoms with van der Waals surface area (Å²) in [5.41, 5.74) is 0. The lowest BCUT2D eigenvalue weighted by Crippen LogP contribution is -2.30. The maximum atomic E-state index is 11.4. The molecule has 1 rings (SSSR count). The number of thiazole rings is 1. The van der Waals surface area contributed by atoms with E-state index < -0.39 is 0 Å². The smallest absolute Gasteiger partial charge is 0.221 e. The van der Waals surface area contributed by atoms with Crippen molar-refractivity contribution in [1.82, 2.24) is 15.6 Å². The second-order valence-corrected chi connectivity index (χ2v) is 7.19. The fourth-order valence-corrected chi connectivity index (χ4v) is 2.69. The number of aromatic nitrogens is 1. The summed E-state index contributed by atoms with van der Waals surface area (Å²) < 4.78 is 1.19. The third-order valence-electron chi connectivity index (χ3n) is 2.04. The zero-order chi connectivity index (χ0) is 12.7. The van der Waals surface area contributed by atoms with E-state index in [1.54, 1.807) is 11.3 Å². The zero-order valence-electron chi connectivity index (χ0n) is 10.1. The Kier molecular flexibility index (Phi) is 6.98. The van der Waals surface area contributed by atoms with Crippen LogP contribution in [0.15, 0.2) is 6.20 Å². The predicted molar refractivity (Wildman–Crippen MR) is 79.0 cm³/mol. The average molecular weight is 367 g/mol. The minimum Gasteiger partial charge on any atom is -0.356 e. The summed E-state index contributed by atoms with van der Waals surface area (Å²) in [4.78, 5) is 15.6. The van der Waals surface area contributed by atoms with Crippen LogP contribution in [0.2, 0.25) is 0 Å². The van der Waals surface area contributed by atoms with Crippen LogP contribution in [0.3, 0.4) is 0 Å². The molecule has 0 saturated heterocycles. The van der Waals surface area contributed by atoms with Crippen LogP contribution in [0, 0.1) is 8.80 Å². The van der Waals surface area contributed by atoms with E-state index in [2.05, 4.69) is 52.1 Å². The Hall–Kier alpha value is -0.210. The molecule has 1 aromatic heterocycles. The third kappa shape index (κ3) is 6.95. The van der Waals surface area contributed by atoms with Crippen molar-refractivity contribution in [2.45, 2.75) is 26.8 Å². The normalized spacial score (nSPS) is 10.8. The molecule has 0 aliphatic rings. The SMILES string of the molecule is CC(C)CNC(=O)CCNCc1ncc(I)s1. The monoisotopic (exact) mass is 367 g/mol. The first-order valence-corrected chi connectivity index (χ1v) is 7.55. The van der Waals surface area contributed by atoms with Gasteiger partial charge in [0.25, 0.3) is 0 Å². The Bertz CT molecular complexity index is 354. The van der Waals surface area contributed by atoms with Crippen LogP contribution < -0.4 is 10.6 Å². The van der Waals surface area contributed by atoms with Gasteiger partial charge in [-0.3, -0.25) is 4.79 Å². The lowest BCUT2D eigenvalue weighted by atomic mass is 10.2. The van der Waals surface area contributed by atoms with Gasteiger partial charge in [0.05, 0.1) is 9.08 Å². The summed E-state index contributed by atoms with van der Waals surface area (Å²) in [5.74, 6) is 0.615. The number of nitrogens with one attached hydrogen (secondary N) is 2. The topological polar surface area (TPSA) is 54.0 Å². The van der Waals surface area contributed by atoms with E-state index in [0.29, 0.717) is 18.9 Å². The highest BCUT2D eigenvalue weighted by Crippen LogP contribution is 2.14. The highest BCUT2D eigenvalue weighted by Gasteiger charge is 2.03. The second-order valence-electron chi connectivity index (χ2n) is 4.18. The fraction of sp³-hybridized carbons (Fsp3) is 0.636. The number of hydrogen-bond donors (Lipinski definition) is 2. The molecule has 0 unspecified atom stereocenters. The third-order valence-corrected chi connectivity index (χ3v) is 3.76. The average Bonchev–Trinajstić information content (AvgIpc) is 2.68. The molecule has 2 N–H and O–H groups in total. The summed E-state index contributed by atoms with van der Waals surface area (Å²) in [6, 6.07) is 0. The first-order valence-electron chi connectivity index (χ1n) is 5.65. The molecule has 0 fully saturated rings. The van der Waals surface area contributed by atoms with Gasteiger partial charge in [-0.2, -0.15) is 0 Å². The first kappa shape index (κ1) is 14.8. The van der Waals surface area contributed by atoms with Crippen molar-refractivity contribution in [2.75, 3.05) is 13.1 Å². The molecule has 0 bridgehead atoms. The van der Waals surface area contributed by atoms with Crippen LogP contribution in [0.4, 0.5) is 0 Å². The molecule has 6 heteroatoms. The molecule has 0 aromatic carbocycles. The summed E-state index contributed by atoms with van der Waals surface area (Å²) >= 11 is 3.93. The van der Waals surface area contributed by atoms with Crippen molar-refractivity contribution in [1.29, 1.82) is 0 Å². The van der Waals surface area contributed by atoms with E-state index in [1.165, 1.54) is 2.88 Å². The molecule has 1 amide bonds. The molecule has 1 heterocycles. The molecule has 0 aliphatic heterocycles. The van der Waals surface area contributed by atoms with Crippen LogP contribution in [-0.4, -0.2) is 24.0 Å². The summed E-state index contributed by atoms with van der Waals surface area (Å²) in [7, 11) is 0. The Morgan fingerprint density at radius 3 is 2.94 bits per heavy atom. The quantitative estimate of drug-likeness (QED) is 0.573. The second kappa shape index (κ2) is 7.99. The van der Waals surface area contributed by atoms with Crippen molar-refractivity contribution >= 4 is 39.8 Å². The Morgan fingerprint density at radius 1 is 1.59 bits per heavy atom. The number of carbonyl (C=O) groups is 1. The predicted octanol–water partition coefficient (Wildman–Crippen LogP) is 2.00. The Balaban J connectivity index is 2.06. The van der Waals surface area contributed by atoms with Crippen LogP contribution in [0.1, 0.15) is 25.3 Å². The van der Waals surface area contributed by atoms with Crippen LogP contribution in [0.25, 0.3) is 0 Å². The molecule has 0 aliphatic carbocycles.